The van der Waals surface area contributed by atoms with Gasteiger partial charge in [0.05, 0.1) is 12.6 Å². The van der Waals surface area contributed by atoms with Gasteiger partial charge in [-0.2, -0.15) is 0 Å². The molecule has 0 aliphatic carbocycles. The minimum absolute atomic E-state index is 0.237. The van der Waals surface area contributed by atoms with Crippen molar-refractivity contribution in [2.75, 3.05) is 13.2 Å². The van der Waals surface area contributed by atoms with Crippen molar-refractivity contribution in [1.29, 1.82) is 0 Å². The lowest BCUT2D eigenvalue weighted by Gasteiger charge is -2.19. The van der Waals surface area contributed by atoms with Gasteiger partial charge in [0, 0.05) is 11.4 Å². The predicted molar refractivity (Wildman–Crippen MR) is 72.4 cm³/mol. The summed E-state index contributed by atoms with van der Waals surface area (Å²) in [7, 11) is 0. The van der Waals surface area contributed by atoms with Gasteiger partial charge in [0.1, 0.15) is 5.75 Å². The summed E-state index contributed by atoms with van der Waals surface area (Å²) >= 11 is 6.03. The number of ether oxygens (including phenoxy) is 1. The van der Waals surface area contributed by atoms with Gasteiger partial charge in [0.25, 0.3) is 6.43 Å². The Labute approximate surface area is 117 Å². The number of rotatable bonds is 6. The molecule has 0 bridgehead atoms. The number of alkyl halides is 2. The minimum atomic E-state index is -2.40. The first-order valence-corrected chi connectivity index (χ1v) is 6.95. The molecule has 2 nitrogen and oxygen atoms in total. The maximum Gasteiger partial charge on any atom is 0.254 e. The van der Waals surface area contributed by atoms with Crippen molar-refractivity contribution in [3.05, 3.63) is 28.3 Å². The van der Waals surface area contributed by atoms with Crippen molar-refractivity contribution in [3.8, 4) is 5.75 Å². The van der Waals surface area contributed by atoms with Gasteiger partial charge >= 0.3 is 0 Å². The van der Waals surface area contributed by atoms with Crippen LogP contribution in [0.1, 0.15) is 24.5 Å². The second-order valence-corrected chi connectivity index (χ2v) is 5.19. The highest BCUT2D eigenvalue weighted by molar-refractivity contribution is 6.30. The average Bonchev–Trinajstić information content (AvgIpc) is 2.81. The van der Waals surface area contributed by atoms with E-state index in [0.29, 0.717) is 18.2 Å². The smallest absolute Gasteiger partial charge is 0.254 e. The molecule has 1 aromatic rings. The van der Waals surface area contributed by atoms with Gasteiger partial charge in [0.2, 0.25) is 0 Å². The van der Waals surface area contributed by atoms with E-state index in [1.54, 1.807) is 6.07 Å². The Morgan fingerprint density at radius 1 is 1.42 bits per heavy atom. The van der Waals surface area contributed by atoms with Crippen LogP contribution < -0.4 is 10.1 Å². The van der Waals surface area contributed by atoms with Crippen molar-refractivity contribution in [3.63, 3.8) is 0 Å². The van der Waals surface area contributed by atoms with Crippen molar-refractivity contribution >= 4 is 11.6 Å². The van der Waals surface area contributed by atoms with Crippen LogP contribution in [-0.2, 0) is 12.8 Å². The quantitative estimate of drug-likeness (QED) is 0.866. The average molecular weight is 290 g/mol. The molecule has 1 heterocycles. The van der Waals surface area contributed by atoms with E-state index in [1.807, 2.05) is 13.0 Å². The summed E-state index contributed by atoms with van der Waals surface area (Å²) in [6.07, 6.45) is -0.541. The SMILES string of the molecule is CCCNC(Cc1cc(Cl)cc2c1OCC2)C(F)F. The van der Waals surface area contributed by atoms with Crippen LogP contribution in [0.5, 0.6) is 5.75 Å². The highest BCUT2D eigenvalue weighted by atomic mass is 35.5. The zero-order chi connectivity index (χ0) is 13.8. The molecule has 2 rings (SSSR count). The predicted octanol–water partition coefficient (Wildman–Crippen LogP) is 3.45. The Morgan fingerprint density at radius 2 is 2.21 bits per heavy atom. The number of hydrogen-bond donors (Lipinski definition) is 1. The molecule has 106 valence electrons. The third-order valence-corrected chi connectivity index (χ3v) is 3.44. The van der Waals surface area contributed by atoms with Crippen LogP contribution in [0.25, 0.3) is 0 Å². The summed E-state index contributed by atoms with van der Waals surface area (Å²) < 4.78 is 31.6. The fraction of sp³-hybridized carbons (Fsp3) is 0.571. The van der Waals surface area contributed by atoms with Gasteiger partial charge < -0.3 is 10.1 Å². The number of halogens is 3. The third-order valence-electron chi connectivity index (χ3n) is 3.23. The standard InChI is InChI=1S/C14H18ClF2NO/c1-2-4-18-12(14(16)17)8-10-7-11(15)6-9-3-5-19-13(9)10/h6-7,12,14,18H,2-5,8H2,1H3. The number of fused-ring (bicyclic) bond motifs is 1. The summed E-state index contributed by atoms with van der Waals surface area (Å²) in [5.41, 5.74) is 1.79. The summed E-state index contributed by atoms with van der Waals surface area (Å²) in [5.74, 6) is 0.744. The molecule has 0 spiro atoms. The van der Waals surface area contributed by atoms with Crippen LogP contribution in [0.3, 0.4) is 0 Å². The number of hydrogen-bond acceptors (Lipinski definition) is 2. The van der Waals surface area contributed by atoms with Crippen molar-refractivity contribution < 1.29 is 13.5 Å². The fourth-order valence-electron chi connectivity index (χ4n) is 2.31. The lowest BCUT2D eigenvalue weighted by atomic mass is 10.0. The Hall–Kier alpha value is -0.870. The Balaban J connectivity index is 2.17. The van der Waals surface area contributed by atoms with Gasteiger partial charge in [-0.05, 0) is 42.6 Å². The maximum atomic E-state index is 13.0. The summed E-state index contributed by atoms with van der Waals surface area (Å²) in [6, 6.07) is 2.73. The molecule has 19 heavy (non-hydrogen) atoms. The Bertz CT molecular complexity index is 440. The molecule has 1 aliphatic rings. The molecular formula is C14H18ClF2NO. The Kier molecular flexibility index (Phi) is 4.99. The van der Waals surface area contributed by atoms with E-state index >= 15 is 0 Å². The molecule has 0 saturated carbocycles. The molecule has 1 atom stereocenters. The van der Waals surface area contributed by atoms with Crippen LogP contribution in [-0.4, -0.2) is 25.6 Å². The minimum Gasteiger partial charge on any atom is -0.493 e. The van der Waals surface area contributed by atoms with Gasteiger partial charge in [-0.25, -0.2) is 8.78 Å². The summed E-state index contributed by atoms with van der Waals surface area (Å²) in [4.78, 5) is 0. The molecule has 1 N–H and O–H groups in total. The van der Waals surface area contributed by atoms with Crippen LogP contribution in [0.4, 0.5) is 8.78 Å². The molecule has 1 unspecified atom stereocenters. The zero-order valence-corrected chi connectivity index (χ0v) is 11.6. The van der Waals surface area contributed by atoms with Crippen molar-refractivity contribution in [1.82, 2.24) is 5.32 Å². The molecule has 0 fully saturated rings. The first-order valence-electron chi connectivity index (χ1n) is 6.57. The number of nitrogens with one attached hydrogen (secondary N) is 1. The van der Waals surface area contributed by atoms with Gasteiger partial charge in [-0.3, -0.25) is 0 Å². The van der Waals surface area contributed by atoms with Crippen LogP contribution in [0.15, 0.2) is 12.1 Å². The molecule has 0 radical (unpaired) electrons. The molecule has 0 aromatic heterocycles. The topological polar surface area (TPSA) is 21.3 Å². The van der Waals surface area contributed by atoms with E-state index in [-0.39, 0.29) is 6.42 Å². The second-order valence-electron chi connectivity index (χ2n) is 4.75. The molecule has 1 aromatic carbocycles. The van der Waals surface area contributed by atoms with E-state index in [4.69, 9.17) is 16.3 Å². The van der Waals surface area contributed by atoms with E-state index in [1.165, 1.54) is 0 Å². The van der Waals surface area contributed by atoms with Crippen LogP contribution in [0.2, 0.25) is 5.02 Å². The maximum absolute atomic E-state index is 13.0. The van der Waals surface area contributed by atoms with E-state index in [9.17, 15) is 8.78 Å². The monoisotopic (exact) mass is 289 g/mol. The molecule has 5 heteroatoms. The first kappa shape index (κ1) is 14.5. The molecule has 0 saturated heterocycles. The molecule has 0 amide bonds. The lowest BCUT2D eigenvalue weighted by molar-refractivity contribution is 0.0980. The fourth-order valence-corrected chi connectivity index (χ4v) is 2.58. The van der Waals surface area contributed by atoms with E-state index in [0.717, 1.165) is 29.7 Å². The normalized spacial score (nSPS) is 15.4. The molecular weight excluding hydrogens is 272 g/mol. The van der Waals surface area contributed by atoms with Gasteiger partial charge in [-0.1, -0.05) is 18.5 Å². The highest BCUT2D eigenvalue weighted by Crippen LogP contribution is 2.34. The second kappa shape index (κ2) is 6.53. The summed E-state index contributed by atoms with van der Waals surface area (Å²) in [5, 5.41) is 3.47. The Morgan fingerprint density at radius 3 is 2.89 bits per heavy atom. The summed E-state index contributed by atoms with van der Waals surface area (Å²) in [6.45, 7) is 3.14. The van der Waals surface area contributed by atoms with Crippen LogP contribution in [0, 0.1) is 0 Å². The largest absolute Gasteiger partial charge is 0.493 e. The lowest BCUT2D eigenvalue weighted by Crippen LogP contribution is -2.38. The van der Waals surface area contributed by atoms with Crippen molar-refractivity contribution in [2.24, 2.45) is 0 Å². The van der Waals surface area contributed by atoms with Gasteiger partial charge in [0.15, 0.2) is 0 Å². The van der Waals surface area contributed by atoms with Gasteiger partial charge in [-0.15, -0.1) is 0 Å². The molecule has 1 aliphatic heterocycles. The number of benzene rings is 1. The van der Waals surface area contributed by atoms with Crippen LogP contribution >= 0.6 is 11.6 Å². The third kappa shape index (κ3) is 3.57. The highest BCUT2D eigenvalue weighted by Gasteiger charge is 2.24. The van der Waals surface area contributed by atoms with E-state index < -0.39 is 12.5 Å². The van der Waals surface area contributed by atoms with Crippen molar-refractivity contribution in [2.45, 2.75) is 38.7 Å². The van der Waals surface area contributed by atoms with E-state index in [2.05, 4.69) is 5.32 Å². The first-order chi connectivity index (χ1) is 9.11. The zero-order valence-electron chi connectivity index (χ0n) is 10.9.